The maximum absolute atomic E-state index is 14.4. The van der Waals surface area contributed by atoms with E-state index in [9.17, 15) is 38.5 Å². The van der Waals surface area contributed by atoms with E-state index in [1.165, 1.54) is 42.7 Å². The molecule has 1 N–H and O–H groups in total. The second kappa shape index (κ2) is 25.2. The minimum Gasteiger partial charge on any atom is -0.496 e. The van der Waals surface area contributed by atoms with Crippen LogP contribution in [0, 0.1) is 37.7 Å². The Balaban J connectivity index is 0.000000204. The summed E-state index contributed by atoms with van der Waals surface area (Å²) < 4.78 is 62.4. The fourth-order valence-corrected chi connectivity index (χ4v) is 8.11. The highest BCUT2D eigenvalue weighted by Gasteiger charge is 2.25. The van der Waals surface area contributed by atoms with E-state index in [2.05, 4.69) is 62.0 Å². The number of rotatable bonds is 16. The summed E-state index contributed by atoms with van der Waals surface area (Å²) in [6, 6.07) is 14.7. The summed E-state index contributed by atoms with van der Waals surface area (Å²) in [4.78, 5) is 36.2. The Labute approximate surface area is 433 Å². The fourth-order valence-electron chi connectivity index (χ4n) is 7.50. The molecule has 8 rings (SSSR count). The molecule has 0 amide bonds. The van der Waals surface area contributed by atoms with E-state index in [4.69, 9.17) is 14.2 Å². The number of nitrogens with zero attached hydrogens (tertiary/aromatic N) is 10. The van der Waals surface area contributed by atoms with Gasteiger partial charge in [-0.15, -0.1) is 0 Å². The summed E-state index contributed by atoms with van der Waals surface area (Å²) in [5.74, 6) is -1.71. The monoisotopic (exact) mass is 1130 g/mol. The van der Waals surface area contributed by atoms with Gasteiger partial charge in [0.1, 0.15) is 29.2 Å². The van der Waals surface area contributed by atoms with Crippen LogP contribution in [0.15, 0.2) is 119 Å². The van der Waals surface area contributed by atoms with Gasteiger partial charge in [-0.05, 0) is 145 Å². The fraction of sp³-hybridized carbons (Fsp3) is 0.240. The average Bonchev–Trinajstić information content (AvgIpc) is 4.03. The molecule has 73 heavy (non-hydrogen) atoms. The van der Waals surface area contributed by atoms with Gasteiger partial charge in [0.25, 0.3) is 0 Å². The molecule has 0 saturated carbocycles. The molecular formula is C50H47Br2F3N10O8. The van der Waals surface area contributed by atoms with Crippen molar-refractivity contribution in [2.75, 3.05) is 14.2 Å². The van der Waals surface area contributed by atoms with Crippen LogP contribution in [-0.2, 0) is 25.9 Å². The Morgan fingerprint density at radius 1 is 0.644 bits per heavy atom. The summed E-state index contributed by atoms with van der Waals surface area (Å²) in [6.45, 7) is 8.87. The zero-order chi connectivity index (χ0) is 52.9. The number of aryl methyl sites for hydroxylation is 2. The molecular weight excluding hydrogens is 1090 g/mol. The van der Waals surface area contributed by atoms with Crippen molar-refractivity contribution in [3.05, 3.63) is 190 Å². The Morgan fingerprint density at radius 3 is 1.55 bits per heavy atom. The van der Waals surface area contributed by atoms with Crippen molar-refractivity contribution >= 4 is 43.5 Å². The first kappa shape index (κ1) is 54.7. The number of pyridine rings is 4. The van der Waals surface area contributed by atoms with Gasteiger partial charge in [0.2, 0.25) is 11.6 Å². The molecule has 0 radical (unpaired) electrons. The van der Waals surface area contributed by atoms with Crippen molar-refractivity contribution in [1.29, 1.82) is 0 Å². The number of halogens is 5. The molecule has 2 atom stereocenters. The standard InChI is InChI=1S/C25H23BrFN5O4.C20H22FN3O2.C5H2BrFN2O2/c1-4-31-14-16(12-30-31)9-21-22(35-3)7-8-28-24(21)19-6-5-18(27)11-20(19)15(2)36-23-10-17(26)13-29-25(23)32(33)34;1-4-24-12-14(11-23-24)9-18-19(26-3)7-8-22-20(18)16-6-5-15(21)10-17(16)13(2)25;6-3-1-4(7)5(8-2-3)9(10)11/h5-8,10-15H,4,9H2,1-3H3;5-8,10-13,25H,4,9H2,1-3H3;1-2H/t15-;13-;/m11./s1. The van der Waals surface area contributed by atoms with Gasteiger partial charge >= 0.3 is 11.6 Å². The number of ether oxygens (including phenoxy) is 3. The number of nitro groups is 2. The molecule has 18 nitrogen and oxygen atoms in total. The van der Waals surface area contributed by atoms with Gasteiger partial charge in [-0.25, -0.2) is 8.78 Å². The molecule has 0 aliphatic rings. The van der Waals surface area contributed by atoms with Crippen molar-refractivity contribution in [2.24, 2.45) is 0 Å². The van der Waals surface area contributed by atoms with E-state index in [-0.39, 0.29) is 5.75 Å². The van der Waals surface area contributed by atoms with Gasteiger partial charge in [-0.1, -0.05) is 0 Å². The molecule has 0 fully saturated rings. The molecule has 0 bridgehead atoms. The minimum atomic E-state index is -0.940. The van der Waals surface area contributed by atoms with Crippen molar-refractivity contribution in [3.63, 3.8) is 0 Å². The molecule has 0 spiro atoms. The van der Waals surface area contributed by atoms with E-state index in [0.717, 1.165) is 41.4 Å². The number of aliphatic hydroxyl groups is 1. The minimum absolute atomic E-state index is 0.0390. The van der Waals surface area contributed by atoms with Crippen LogP contribution < -0.4 is 14.2 Å². The topological polar surface area (TPSA) is 221 Å². The normalized spacial score (nSPS) is 11.6. The zero-order valence-electron chi connectivity index (χ0n) is 40.0. The van der Waals surface area contributed by atoms with Crippen molar-refractivity contribution in [2.45, 2.75) is 65.8 Å². The van der Waals surface area contributed by atoms with E-state index < -0.39 is 51.1 Å². The van der Waals surface area contributed by atoms with Crippen LogP contribution in [0.4, 0.5) is 24.8 Å². The molecule has 0 aliphatic heterocycles. The summed E-state index contributed by atoms with van der Waals surface area (Å²) in [5.41, 5.74) is 7.20. The van der Waals surface area contributed by atoms with Crippen LogP contribution in [0.2, 0.25) is 0 Å². The van der Waals surface area contributed by atoms with Gasteiger partial charge in [0.05, 0.1) is 53.1 Å². The average molecular weight is 1130 g/mol. The maximum Gasteiger partial charge on any atom is 0.406 e. The zero-order valence-corrected chi connectivity index (χ0v) is 43.2. The van der Waals surface area contributed by atoms with Gasteiger partial charge in [-0.3, -0.25) is 19.3 Å². The van der Waals surface area contributed by atoms with Crippen LogP contribution in [0.5, 0.6) is 17.2 Å². The Kier molecular flexibility index (Phi) is 18.8. The maximum atomic E-state index is 14.4. The highest BCUT2D eigenvalue weighted by molar-refractivity contribution is 9.10. The van der Waals surface area contributed by atoms with Gasteiger partial charge < -0.3 is 39.5 Å². The molecule has 6 heterocycles. The largest absolute Gasteiger partial charge is 0.496 e. The Bertz CT molecular complexity index is 3230. The lowest BCUT2D eigenvalue weighted by molar-refractivity contribution is -0.392. The molecule has 2 aromatic carbocycles. The molecule has 6 aromatic heterocycles. The third-order valence-corrected chi connectivity index (χ3v) is 11.8. The lowest BCUT2D eigenvalue weighted by Crippen LogP contribution is -2.09. The van der Waals surface area contributed by atoms with Crippen molar-refractivity contribution in [1.82, 2.24) is 39.5 Å². The predicted octanol–water partition coefficient (Wildman–Crippen LogP) is 11.6. The van der Waals surface area contributed by atoms with Crippen LogP contribution in [0.3, 0.4) is 0 Å². The van der Waals surface area contributed by atoms with Crippen molar-refractivity contribution in [3.8, 4) is 39.8 Å². The van der Waals surface area contributed by atoms with Gasteiger partial charge in [0.15, 0.2) is 12.4 Å². The quantitative estimate of drug-likeness (QED) is 0.0702. The number of aromatic nitrogens is 8. The lowest BCUT2D eigenvalue weighted by atomic mass is 9.94. The summed E-state index contributed by atoms with van der Waals surface area (Å²) in [7, 11) is 3.19. The predicted molar refractivity (Wildman–Crippen MR) is 271 cm³/mol. The third kappa shape index (κ3) is 13.9. The first-order chi connectivity index (χ1) is 34.9. The van der Waals surface area contributed by atoms with Crippen LogP contribution in [0.1, 0.15) is 73.3 Å². The number of hydrogen-bond donors (Lipinski definition) is 1. The molecule has 0 saturated heterocycles. The Hall–Kier alpha value is -7.63. The van der Waals surface area contributed by atoms with Crippen LogP contribution in [0.25, 0.3) is 22.5 Å². The number of hydrogen-bond acceptors (Lipinski definition) is 14. The highest BCUT2D eigenvalue weighted by atomic mass is 79.9. The molecule has 23 heteroatoms. The van der Waals surface area contributed by atoms with Crippen LogP contribution in [-0.4, -0.2) is 68.7 Å². The summed E-state index contributed by atoms with van der Waals surface area (Å²) in [6.07, 6.45) is 12.8. The van der Waals surface area contributed by atoms with Crippen LogP contribution >= 0.6 is 31.9 Å². The smallest absolute Gasteiger partial charge is 0.406 e. The summed E-state index contributed by atoms with van der Waals surface area (Å²) >= 11 is 6.18. The lowest BCUT2D eigenvalue weighted by Gasteiger charge is -2.20. The molecule has 0 aliphatic carbocycles. The third-order valence-electron chi connectivity index (χ3n) is 10.9. The first-order valence-corrected chi connectivity index (χ1v) is 23.8. The molecule has 0 unspecified atom stereocenters. The molecule has 380 valence electrons. The van der Waals surface area contributed by atoms with E-state index in [1.54, 1.807) is 70.9 Å². The number of benzene rings is 2. The second-order valence-corrected chi connectivity index (χ2v) is 17.6. The Morgan fingerprint density at radius 2 is 1.11 bits per heavy atom. The molecule has 8 aromatic rings. The highest BCUT2D eigenvalue weighted by Crippen LogP contribution is 2.39. The van der Waals surface area contributed by atoms with Gasteiger partial charge in [-0.2, -0.15) is 14.6 Å². The SMILES string of the molecule is CCn1cc(Cc2c(OC)ccnc2-c2ccc(F)cc2[C@@H](C)O)cn1.CCn1cc(Cc2c(OC)ccnc2-c2ccc(F)cc2[C@@H](C)Oc2cc(Br)cnc2[N+](=O)[O-])cn1.O=[N+]([O-])c1ncc(Br)cc1F. The first-order valence-electron chi connectivity index (χ1n) is 22.2. The van der Waals surface area contributed by atoms with E-state index in [1.807, 2.05) is 41.8 Å². The number of methoxy groups -OCH3 is 2. The van der Waals surface area contributed by atoms with Crippen molar-refractivity contribution < 1.29 is 42.3 Å². The second-order valence-electron chi connectivity index (χ2n) is 15.8. The number of aliphatic hydroxyl groups excluding tert-OH is 1. The van der Waals surface area contributed by atoms with E-state index >= 15 is 0 Å². The summed E-state index contributed by atoms with van der Waals surface area (Å²) in [5, 5.41) is 40.2. The van der Waals surface area contributed by atoms with Gasteiger partial charge in [0, 0.05) is 90.7 Å². The van der Waals surface area contributed by atoms with E-state index in [0.29, 0.717) is 66.9 Å².